The monoisotopic (exact) mass is 378 g/mol. The Morgan fingerprint density at radius 2 is 2.19 bits per heavy atom. The van der Waals surface area contributed by atoms with Crippen LogP contribution in [0.1, 0.15) is 52.2 Å². The predicted molar refractivity (Wildman–Crippen MR) is 111 cm³/mol. The van der Waals surface area contributed by atoms with Gasteiger partial charge in [0.2, 0.25) is 0 Å². The quantitative estimate of drug-likeness (QED) is 0.333. The van der Waals surface area contributed by atoms with Gasteiger partial charge >= 0.3 is 0 Å². The molecule has 1 fully saturated rings. The summed E-state index contributed by atoms with van der Waals surface area (Å²) in [4.78, 5) is 7.39. The molecule has 6 nitrogen and oxygen atoms in total. The second kappa shape index (κ2) is 12.8. The van der Waals surface area contributed by atoms with Crippen molar-refractivity contribution in [3.05, 3.63) is 24.2 Å². The maximum atomic E-state index is 5.60. The average molecular weight is 379 g/mol. The van der Waals surface area contributed by atoms with Crippen molar-refractivity contribution in [3.63, 3.8) is 0 Å². The number of likely N-dealkylation sites (N-methyl/N-ethyl adjacent to an activating group) is 1. The average Bonchev–Trinajstić information content (AvgIpc) is 3.32. The number of unbranched alkanes of at least 4 members (excludes halogenated alkanes) is 1. The highest BCUT2D eigenvalue weighted by Crippen LogP contribution is 2.16. The second-order valence-electron chi connectivity index (χ2n) is 7.42. The van der Waals surface area contributed by atoms with E-state index in [1.165, 1.54) is 19.4 Å². The van der Waals surface area contributed by atoms with E-state index in [4.69, 9.17) is 14.1 Å². The Kier molecular flexibility index (Phi) is 10.3. The van der Waals surface area contributed by atoms with Gasteiger partial charge in [-0.15, -0.1) is 0 Å². The number of rotatable bonds is 12. The minimum absolute atomic E-state index is 0.311. The first-order chi connectivity index (χ1) is 13.2. The number of furan rings is 1. The zero-order valence-corrected chi connectivity index (χ0v) is 17.4. The predicted octanol–water partition coefficient (Wildman–Crippen LogP) is 3.05. The lowest BCUT2D eigenvalue weighted by molar-refractivity contribution is 0.0762. The highest BCUT2D eigenvalue weighted by atomic mass is 16.5. The van der Waals surface area contributed by atoms with Crippen LogP contribution in [0.5, 0.6) is 0 Å². The number of aliphatic imine (C=N–C) groups is 1. The van der Waals surface area contributed by atoms with E-state index in [0.29, 0.717) is 12.1 Å². The van der Waals surface area contributed by atoms with Gasteiger partial charge in [0.15, 0.2) is 5.96 Å². The minimum atomic E-state index is 0.311. The van der Waals surface area contributed by atoms with Gasteiger partial charge in [-0.3, -0.25) is 9.89 Å². The van der Waals surface area contributed by atoms with Crippen LogP contribution in [-0.4, -0.2) is 62.3 Å². The molecule has 1 atom stereocenters. The fraction of sp³-hybridized carbons (Fsp3) is 0.762. The number of hydrogen-bond acceptors (Lipinski definition) is 4. The van der Waals surface area contributed by atoms with Gasteiger partial charge in [-0.2, -0.15) is 0 Å². The number of likely N-dealkylation sites (tertiary alicyclic amines) is 1. The fourth-order valence-electron chi connectivity index (χ4n) is 3.40. The van der Waals surface area contributed by atoms with E-state index in [0.717, 1.165) is 63.8 Å². The lowest BCUT2D eigenvalue weighted by Crippen LogP contribution is -2.40. The molecule has 0 radical (unpaired) electrons. The third kappa shape index (κ3) is 8.80. The summed E-state index contributed by atoms with van der Waals surface area (Å²) in [5, 5.41) is 6.93. The Balaban J connectivity index is 1.75. The minimum Gasteiger partial charge on any atom is -0.469 e. The molecule has 0 aliphatic carbocycles. The molecular formula is C21H38N4O2. The summed E-state index contributed by atoms with van der Waals surface area (Å²) >= 11 is 0. The van der Waals surface area contributed by atoms with Crippen LogP contribution in [0.15, 0.2) is 27.8 Å². The van der Waals surface area contributed by atoms with Crippen molar-refractivity contribution < 1.29 is 9.15 Å². The van der Waals surface area contributed by atoms with Gasteiger partial charge in [0.1, 0.15) is 5.76 Å². The van der Waals surface area contributed by atoms with E-state index in [2.05, 4.69) is 36.3 Å². The molecule has 1 saturated heterocycles. The van der Waals surface area contributed by atoms with Gasteiger partial charge < -0.3 is 19.8 Å². The lowest BCUT2D eigenvalue weighted by atomic mass is 10.2. The van der Waals surface area contributed by atoms with Gasteiger partial charge in [-0.05, 0) is 64.8 Å². The molecule has 2 rings (SSSR count). The standard InChI is InChI=1S/C21H38N4O2/c1-4-25-14-7-9-19(25)17-24-21(22-12-5-6-15-26-18(2)3)23-13-11-20-10-8-16-27-20/h8,10,16,18-19H,4-7,9,11-15,17H2,1-3H3,(H2,22,23,24). The molecule has 1 aliphatic rings. The molecule has 1 aliphatic heterocycles. The first-order valence-corrected chi connectivity index (χ1v) is 10.6. The third-order valence-corrected chi connectivity index (χ3v) is 4.92. The molecule has 2 N–H and O–H groups in total. The Hall–Kier alpha value is -1.53. The summed E-state index contributed by atoms with van der Waals surface area (Å²) in [6.07, 6.45) is 7.59. The topological polar surface area (TPSA) is 62.0 Å². The number of hydrogen-bond donors (Lipinski definition) is 2. The van der Waals surface area contributed by atoms with Crippen molar-refractivity contribution in [1.29, 1.82) is 0 Å². The zero-order valence-electron chi connectivity index (χ0n) is 17.4. The first kappa shape index (κ1) is 21.8. The molecular weight excluding hydrogens is 340 g/mol. The molecule has 6 heteroatoms. The van der Waals surface area contributed by atoms with E-state index in [9.17, 15) is 0 Å². The van der Waals surface area contributed by atoms with E-state index in [1.54, 1.807) is 6.26 Å². The number of guanidine groups is 1. The number of nitrogens with one attached hydrogen (secondary N) is 2. The normalized spacial score (nSPS) is 18.4. The van der Waals surface area contributed by atoms with Gasteiger partial charge in [0, 0.05) is 32.2 Å². The number of ether oxygens (including phenoxy) is 1. The van der Waals surface area contributed by atoms with Crippen LogP contribution in [0, 0.1) is 0 Å². The van der Waals surface area contributed by atoms with Crippen molar-refractivity contribution >= 4 is 5.96 Å². The molecule has 0 saturated carbocycles. The Labute approximate surface area is 164 Å². The first-order valence-electron chi connectivity index (χ1n) is 10.6. The van der Waals surface area contributed by atoms with Crippen LogP contribution in [-0.2, 0) is 11.2 Å². The van der Waals surface area contributed by atoms with Gasteiger partial charge in [-0.1, -0.05) is 6.92 Å². The van der Waals surface area contributed by atoms with Gasteiger partial charge in [0.05, 0.1) is 18.9 Å². The SMILES string of the molecule is CCN1CCCC1CN=C(NCCCCOC(C)C)NCCc1ccco1. The summed E-state index contributed by atoms with van der Waals surface area (Å²) < 4.78 is 11.0. The largest absolute Gasteiger partial charge is 0.469 e. The van der Waals surface area contributed by atoms with Crippen molar-refractivity contribution in [3.8, 4) is 0 Å². The molecule has 2 heterocycles. The lowest BCUT2D eigenvalue weighted by Gasteiger charge is -2.21. The van der Waals surface area contributed by atoms with Crippen molar-refractivity contribution in [2.24, 2.45) is 4.99 Å². The van der Waals surface area contributed by atoms with E-state index in [1.807, 2.05) is 12.1 Å². The highest BCUT2D eigenvalue weighted by molar-refractivity contribution is 5.79. The summed E-state index contributed by atoms with van der Waals surface area (Å²) in [5.41, 5.74) is 0. The highest BCUT2D eigenvalue weighted by Gasteiger charge is 2.22. The zero-order chi connectivity index (χ0) is 19.3. The molecule has 154 valence electrons. The van der Waals surface area contributed by atoms with Crippen LogP contribution < -0.4 is 10.6 Å². The van der Waals surface area contributed by atoms with Gasteiger partial charge in [-0.25, -0.2) is 0 Å². The molecule has 1 aromatic heterocycles. The maximum absolute atomic E-state index is 5.60. The smallest absolute Gasteiger partial charge is 0.191 e. The van der Waals surface area contributed by atoms with Crippen molar-refractivity contribution in [2.45, 2.75) is 65.0 Å². The van der Waals surface area contributed by atoms with Crippen LogP contribution >= 0.6 is 0 Å². The molecule has 27 heavy (non-hydrogen) atoms. The maximum Gasteiger partial charge on any atom is 0.191 e. The Morgan fingerprint density at radius 3 is 2.93 bits per heavy atom. The summed E-state index contributed by atoms with van der Waals surface area (Å²) in [6, 6.07) is 4.53. The molecule has 0 bridgehead atoms. The van der Waals surface area contributed by atoms with Crippen LogP contribution in [0.2, 0.25) is 0 Å². The molecule has 0 amide bonds. The summed E-state index contributed by atoms with van der Waals surface area (Å²) in [6.45, 7) is 12.1. The van der Waals surface area contributed by atoms with Crippen molar-refractivity contribution in [1.82, 2.24) is 15.5 Å². The Morgan fingerprint density at radius 1 is 1.33 bits per heavy atom. The van der Waals surface area contributed by atoms with Crippen LogP contribution in [0.25, 0.3) is 0 Å². The van der Waals surface area contributed by atoms with Crippen LogP contribution in [0.4, 0.5) is 0 Å². The molecule has 0 aromatic carbocycles. The van der Waals surface area contributed by atoms with E-state index < -0.39 is 0 Å². The summed E-state index contributed by atoms with van der Waals surface area (Å²) in [5.74, 6) is 1.91. The fourth-order valence-corrected chi connectivity index (χ4v) is 3.40. The Bertz CT molecular complexity index is 516. The van der Waals surface area contributed by atoms with Gasteiger partial charge in [0.25, 0.3) is 0 Å². The second-order valence-corrected chi connectivity index (χ2v) is 7.42. The van der Waals surface area contributed by atoms with E-state index >= 15 is 0 Å². The van der Waals surface area contributed by atoms with E-state index in [-0.39, 0.29) is 0 Å². The van der Waals surface area contributed by atoms with Crippen LogP contribution in [0.3, 0.4) is 0 Å². The molecule has 1 unspecified atom stereocenters. The van der Waals surface area contributed by atoms with Crippen molar-refractivity contribution in [2.75, 3.05) is 39.3 Å². The number of nitrogens with zero attached hydrogens (tertiary/aromatic N) is 2. The third-order valence-electron chi connectivity index (χ3n) is 4.92. The molecule has 1 aromatic rings. The summed E-state index contributed by atoms with van der Waals surface area (Å²) in [7, 11) is 0. The molecule has 0 spiro atoms.